The average Bonchev–Trinajstić information content (AvgIpc) is 2.69. The van der Waals surface area contributed by atoms with Gasteiger partial charge in [0.05, 0.1) is 10.5 Å². The molecule has 0 saturated heterocycles. The van der Waals surface area contributed by atoms with E-state index in [1.807, 2.05) is 32.0 Å². The van der Waals surface area contributed by atoms with Crippen LogP contribution in [0.2, 0.25) is 0 Å². The SMILES string of the molecule is Cc1ccc(C(C)Nc2ncc(Br)cc2Br)o1. The zero-order valence-electron chi connectivity index (χ0n) is 9.50. The van der Waals surface area contributed by atoms with Crippen LogP contribution in [0.15, 0.2) is 37.8 Å². The van der Waals surface area contributed by atoms with E-state index in [1.54, 1.807) is 6.20 Å². The van der Waals surface area contributed by atoms with Crippen molar-refractivity contribution in [1.82, 2.24) is 4.98 Å². The second kappa shape index (κ2) is 5.23. The molecule has 0 aliphatic heterocycles. The summed E-state index contributed by atoms with van der Waals surface area (Å²) in [6.07, 6.45) is 1.76. The van der Waals surface area contributed by atoms with Crippen LogP contribution < -0.4 is 5.32 Å². The van der Waals surface area contributed by atoms with Gasteiger partial charge in [0.2, 0.25) is 0 Å². The number of pyridine rings is 1. The molecule has 1 atom stereocenters. The number of nitrogens with zero attached hydrogens (tertiary/aromatic N) is 1. The molecule has 0 bridgehead atoms. The van der Waals surface area contributed by atoms with E-state index in [2.05, 4.69) is 42.2 Å². The molecule has 0 saturated carbocycles. The second-order valence-electron chi connectivity index (χ2n) is 3.80. The van der Waals surface area contributed by atoms with Gasteiger partial charge in [-0.2, -0.15) is 0 Å². The molecule has 0 radical (unpaired) electrons. The highest BCUT2D eigenvalue weighted by Crippen LogP contribution is 2.27. The third kappa shape index (κ3) is 3.10. The van der Waals surface area contributed by atoms with Crippen molar-refractivity contribution >= 4 is 37.7 Å². The minimum absolute atomic E-state index is 0.0775. The molecule has 3 nitrogen and oxygen atoms in total. The highest BCUT2D eigenvalue weighted by Gasteiger charge is 2.11. The fraction of sp³-hybridized carbons (Fsp3) is 0.250. The van der Waals surface area contributed by atoms with Gasteiger partial charge in [-0.25, -0.2) is 4.98 Å². The van der Waals surface area contributed by atoms with Crippen molar-refractivity contribution < 1.29 is 4.42 Å². The zero-order chi connectivity index (χ0) is 12.4. The molecule has 1 unspecified atom stereocenters. The van der Waals surface area contributed by atoms with Crippen LogP contribution in [0, 0.1) is 6.92 Å². The molecule has 2 heterocycles. The first-order chi connectivity index (χ1) is 8.06. The fourth-order valence-electron chi connectivity index (χ4n) is 1.48. The Morgan fingerprint density at radius 3 is 2.71 bits per heavy atom. The molecule has 0 aliphatic rings. The fourth-order valence-corrected chi connectivity index (χ4v) is 2.59. The summed E-state index contributed by atoms with van der Waals surface area (Å²) in [5.74, 6) is 2.62. The molecular weight excluding hydrogens is 348 g/mol. The van der Waals surface area contributed by atoms with Crippen LogP contribution in [-0.2, 0) is 0 Å². The molecule has 2 aromatic rings. The number of aryl methyl sites for hydroxylation is 1. The van der Waals surface area contributed by atoms with E-state index in [-0.39, 0.29) is 6.04 Å². The lowest BCUT2D eigenvalue weighted by Crippen LogP contribution is -2.07. The van der Waals surface area contributed by atoms with Gasteiger partial charge >= 0.3 is 0 Å². The van der Waals surface area contributed by atoms with Crippen LogP contribution in [0.4, 0.5) is 5.82 Å². The normalized spacial score (nSPS) is 12.5. The summed E-state index contributed by atoms with van der Waals surface area (Å²) in [6.45, 7) is 3.97. The number of aromatic nitrogens is 1. The van der Waals surface area contributed by atoms with Gasteiger partial charge in [0.15, 0.2) is 0 Å². The van der Waals surface area contributed by atoms with E-state index in [4.69, 9.17) is 4.42 Å². The molecule has 0 aromatic carbocycles. The lowest BCUT2D eigenvalue weighted by atomic mass is 10.2. The van der Waals surface area contributed by atoms with Crippen molar-refractivity contribution in [1.29, 1.82) is 0 Å². The van der Waals surface area contributed by atoms with Crippen LogP contribution in [0.1, 0.15) is 24.5 Å². The van der Waals surface area contributed by atoms with Crippen LogP contribution in [0.5, 0.6) is 0 Å². The maximum atomic E-state index is 5.57. The van der Waals surface area contributed by atoms with Crippen molar-refractivity contribution in [3.05, 3.63) is 44.9 Å². The Balaban J connectivity index is 2.15. The number of rotatable bonds is 3. The van der Waals surface area contributed by atoms with Gasteiger partial charge < -0.3 is 9.73 Å². The summed E-state index contributed by atoms with van der Waals surface area (Å²) in [4.78, 5) is 4.30. The molecule has 2 rings (SSSR count). The molecule has 17 heavy (non-hydrogen) atoms. The Morgan fingerprint density at radius 1 is 1.35 bits per heavy atom. The van der Waals surface area contributed by atoms with E-state index in [1.165, 1.54) is 0 Å². The summed E-state index contributed by atoms with van der Waals surface area (Å²) in [5.41, 5.74) is 0. The smallest absolute Gasteiger partial charge is 0.140 e. The lowest BCUT2D eigenvalue weighted by molar-refractivity contribution is 0.466. The highest BCUT2D eigenvalue weighted by molar-refractivity contribution is 9.11. The Labute approximate surface area is 117 Å². The van der Waals surface area contributed by atoms with Crippen LogP contribution >= 0.6 is 31.9 Å². The van der Waals surface area contributed by atoms with Gasteiger partial charge in [-0.15, -0.1) is 0 Å². The molecule has 90 valence electrons. The number of hydrogen-bond acceptors (Lipinski definition) is 3. The van der Waals surface area contributed by atoms with Gasteiger partial charge in [-0.3, -0.25) is 0 Å². The minimum Gasteiger partial charge on any atom is -0.464 e. The number of halogens is 2. The van der Waals surface area contributed by atoms with Gasteiger partial charge in [0, 0.05) is 10.7 Å². The van der Waals surface area contributed by atoms with E-state index in [0.717, 1.165) is 26.3 Å². The van der Waals surface area contributed by atoms with Crippen LogP contribution in [-0.4, -0.2) is 4.98 Å². The standard InChI is InChI=1S/C12H12Br2N2O/c1-7-3-4-11(17-7)8(2)16-12-10(14)5-9(13)6-15-12/h3-6,8H,1-2H3,(H,15,16). The number of hydrogen-bond donors (Lipinski definition) is 1. The summed E-state index contributed by atoms with van der Waals surface area (Å²) >= 11 is 6.84. The predicted octanol–water partition coefficient (Wildman–Crippen LogP) is 4.68. The van der Waals surface area contributed by atoms with Crippen molar-refractivity contribution in [2.75, 3.05) is 5.32 Å². The van der Waals surface area contributed by atoms with Gasteiger partial charge in [-0.05, 0) is 63.9 Å². The maximum absolute atomic E-state index is 5.57. The molecule has 0 spiro atoms. The molecule has 0 amide bonds. The number of nitrogens with one attached hydrogen (secondary N) is 1. The summed E-state index contributed by atoms with van der Waals surface area (Å²) in [6, 6.07) is 5.96. The first-order valence-electron chi connectivity index (χ1n) is 5.20. The minimum atomic E-state index is 0.0775. The van der Waals surface area contributed by atoms with Gasteiger partial charge in [0.1, 0.15) is 17.3 Å². The van der Waals surface area contributed by atoms with Crippen molar-refractivity contribution in [3.8, 4) is 0 Å². The summed E-state index contributed by atoms with van der Waals surface area (Å²) in [5, 5.41) is 3.29. The van der Waals surface area contributed by atoms with Crippen molar-refractivity contribution in [2.24, 2.45) is 0 Å². The van der Waals surface area contributed by atoms with E-state index < -0.39 is 0 Å². The molecule has 1 N–H and O–H groups in total. The van der Waals surface area contributed by atoms with Gasteiger partial charge in [0.25, 0.3) is 0 Å². The quantitative estimate of drug-likeness (QED) is 0.864. The van der Waals surface area contributed by atoms with Crippen molar-refractivity contribution in [3.63, 3.8) is 0 Å². The van der Waals surface area contributed by atoms with E-state index >= 15 is 0 Å². The Morgan fingerprint density at radius 2 is 2.12 bits per heavy atom. The monoisotopic (exact) mass is 358 g/mol. The first-order valence-corrected chi connectivity index (χ1v) is 6.79. The van der Waals surface area contributed by atoms with Gasteiger partial charge in [-0.1, -0.05) is 0 Å². The third-order valence-electron chi connectivity index (χ3n) is 2.35. The Kier molecular flexibility index (Phi) is 3.89. The Bertz CT molecular complexity index is 525. The number of furan rings is 1. The lowest BCUT2D eigenvalue weighted by Gasteiger charge is -2.13. The van der Waals surface area contributed by atoms with Crippen LogP contribution in [0.3, 0.4) is 0 Å². The molecule has 5 heteroatoms. The summed E-state index contributed by atoms with van der Waals surface area (Å²) < 4.78 is 7.43. The third-order valence-corrected chi connectivity index (χ3v) is 3.39. The molecular formula is C12H12Br2N2O. The molecule has 0 aliphatic carbocycles. The molecule has 0 fully saturated rings. The summed E-state index contributed by atoms with van der Waals surface area (Å²) in [7, 11) is 0. The zero-order valence-corrected chi connectivity index (χ0v) is 12.7. The largest absolute Gasteiger partial charge is 0.464 e. The Hall–Kier alpha value is -0.810. The van der Waals surface area contributed by atoms with Crippen molar-refractivity contribution in [2.45, 2.75) is 19.9 Å². The topological polar surface area (TPSA) is 38.1 Å². The second-order valence-corrected chi connectivity index (χ2v) is 5.57. The molecule has 2 aromatic heterocycles. The van der Waals surface area contributed by atoms with E-state index in [9.17, 15) is 0 Å². The van der Waals surface area contributed by atoms with E-state index in [0.29, 0.717) is 0 Å². The van der Waals surface area contributed by atoms with Crippen LogP contribution in [0.25, 0.3) is 0 Å². The first kappa shape index (κ1) is 12.6. The average molecular weight is 360 g/mol. The number of anilines is 1. The maximum Gasteiger partial charge on any atom is 0.140 e. The highest BCUT2D eigenvalue weighted by atomic mass is 79.9. The predicted molar refractivity (Wildman–Crippen MR) is 75.1 cm³/mol.